The Kier molecular flexibility index (Phi) is 4.36. The standard InChI is InChI=1S/C22H20ClN5O/c1-3-27(4-2)16-9-10-17-18(11-16)29-22-20(21-24-12-26-28(21)13-25-22)19(17)14-5-7-15(23)8-6-14/h5-13,19H,3-4H2,1-2H3. The normalized spacial score (nSPS) is 14.9. The fraction of sp³-hybridized carbons (Fsp3) is 0.227. The van der Waals surface area contributed by atoms with Crippen LogP contribution >= 0.6 is 11.6 Å². The Bertz CT molecular complexity index is 1180. The van der Waals surface area contributed by atoms with Crippen molar-refractivity contribution < 1.29 is 4.74 Å². The van der Waals surface area contributed by atoms with Crippen molar-refractivity contribution in [3.8, 4) is 11.6 Å². The molecule has 0 N–H and O–H groups in total. The minimum atomic E-state index is -0.0721. The van der Waals surface area contributed by atoms with Crippen molar-refractivity contribution in [3.05, 3.63) is 76.8 Å². The molecule has 29 heavy (non-hydrogen) atoms. The van der Waals surface area contributed by atoms with Crippen LogP contribution in [0.3, 0.4) is 0 Å². The Morgan fingerprint density at radius 3 is 2.62 bits per heavy atom. The summed E-state index contributed by atoms with van der Waals surface area (Å²) in [4.78, 5) is 11.3. The van der Waals surface area contributed by atoms with Crippen LogP contribution in [0.4, 0.5) is 5.69 Å². The highest BCUT2D eigenvalue weighted by Crippen LogP contribution is 2.48. The van der Waals surface area contributed by atoms with Gasteiger partial charge < -0.3 is 9.64 Å². The molecule has 2 aromatic heterocycles. The van der Waals surface area contributed by atoms with Crippen LogP contribution in [0.15, 0.2) is 55.1 Å². The number of rotatable bonds is 4. The van der Waals surface area contributed by atoms with E-state index >= 15 is 0 Å². The van der Waals surface area contributed by atoms with Crippen molar-refractivity contribution >= 4 is 22.9 Å². The Balaban J connectivity index is 1.74. The van der Waals surface area contributed by atoms with Crippen LogP contribution in [0.25, 0.3) is 5.65 Å². The maximum Gasteiger partial charge on any atom is 0.228 e. The molecule has 0 aliphatic carbocycles. The Hall–Kier alpha value is -3.12. The van der Waals surface area contributed by atoms with E-state index in [9.17, 15) is 0 Å². The molecule has 0 spiro atoms. The molecule has 0 amide bonds. The summed E-state index contributed by atoms with van der Waals surface area (Å²) in [6.07, 6.45) is 3.18. The molecule has 2 aromatic carbocycles. The zero-order valence-corrected chi connectivity index (χ0v) is 17.0. The van der Waals surface area contributed by atoms with E-state index in [1.165, 1.54) is 6.33 Å². The van der Waals surface area contributed by atoms with Gasteiger partial charge in [-0.2, -0.15) is 5.10 Å². The second-order valence-electron chi connectivity index (χ2n) is 6.97. The highest BCUT2D eigenvalue weighted by Gasteiger charge is 2.33. The molecule has 0 bridgehead atoms. The molecule has 7 heteroatoms. The molecule has 1 aliphatic rings. The van der Waals surface area contributed by atoms with Crippen LogP contribution < -0.4 is 9.64 Å². The van der Waals surface area contributed by atoms with E-state index in [1.54, 1.807) is 10.8 Å². The predicted octanol–water partition coefficient (Wildman–Crippen LogP) is 4.91. The first-order valence-corrected chi connectivity index (χ1v) is 10.1. The second kappa shape index (κ2) is 7.04. The number of fused-ring (bicyclic) bond motifs is 4. The fourth-order valence-electron chi connectivity index (χ4n) is 4.03. The van der Waals surface area contributed by atoms with Crippen LogP contribution in [0.5, 0.6) is 11.6 Å². The van der Waals surface area contributed by atoms with Gasteiger partial charge in [0.15, 0.2) is 5.65 Å². The van der Waals surface area contributed by atoms with Gasteiger partial charge in [0, 0.05) is 41.3 Å². The third-order valence-electron chi connectivity index (χ3n) is 5.46. The van der Waals surface area contributed by atoms with E-state index < -0.39 is 0 Å². The van der Waals surface area contributed by atoms with E-state index in [0.717, 1.165) is 46.9 Å². The molecule has 1 aliphatic heterocycles. The smallest absolute Gasteiger partial charge is 0.228 e. The van der Waals surface area contributed by atoms with Gasteiger partial charge in [0.05, 0.1) is 5.56 Å². The number of benzene rings is 2. The van der Waals surface area contributed by atoms with Gasteiger partial charge in [-0.1, -0.05) is 29.8 Å². The lowest BCUT2D eigenvalue weighted by Gasteiger charge is -2.29. The molecule has 4 aromatic rings. The van der Waals surface area contributed by atoms with Gasteiger partial charge in [-0.3, -0.25) is 0 Å². The van der Waals surface area contributed by atoms with Crippen molar-refractivity contribution in [2.75, 3.05) is 18.0 Å². The van der Waals surface area contributed by atoms with Crippen LogP contribution in [0.2, 0.25) is 5.02 Å². The lowest BCUT2D eigenvalue weighted by molar-refractivity contribution is 0.432. The van der Waals surface area contributed by atoms with Gasteiger partial charge in [0.1, 0.15) is 18.4 Å². The number of aromatic nitrogens is 4. The largest absolute Gasteiger partial charge is 0.438 e. The second-order valence-corrected chi connectivity index (χ2v) is 7.41. The summed E-state index contributed by atoms with van der Waals surface area (Å²) < 4.78 is 7.95. The van der Waals surface area contributed by atoms with E-state index in [4.69, 9.17) is 16.3 Å². The van der Waals surface area contributed by atoms with Gasteiger partial charge in [-0.15, -0.1) is 0 Å². The number of nitrogens with zero attached hydrogens (tertiary/aromatic N) is 5. The van der Waals surface area contributed by atoms with E-state index in [2.05, 4.69) is 52.0 Å². The zero-order valence-electron chi connectivity index (χ0n) is 16.2. The Labute approximate surface area is 173 Å². The molecule has 6 nitrogen and oxygen atoms in total. The topological polar surface area (TPSA) is 55.5 Å². The molecule has 0 radical (unpaired) electrons. The monoisotopic (exact) mass is 405 g/mol. The molecule has 1 unspecified atom stereocenters. The molecule has 0 saturated heterocycles. The molecule has 146 valence electrons. The molecular weight excluding hydrogens is 386 g/mol. The minimum Gasteiger partial charge on any atom is -0.438 e. The van der Waals surface area contributed by atoms with E-state index in [0.29, 0.717) is 10.9 Å². The van der Waals surface area contributed by atoms with Crippen LogP contribution in [-0.2, 0) is 0 Å². The third kappa shape index (κ3) is 2.91. The van der Waals surface area contributed by atoms with Crippen LogP contribution in [-0.4, -0.2) is 32.7 Å². The third-order valence-corrected chi connectivity index (χ3v) is 5.72. The Morgan fingerprint density at radius 2 is 1.86 bits per heavy atom. The van der Waals surface area contributed by atoms with Crippen molar-refractivity contribution in [2.24, 2.45) is 0 Å². The molecule has 5 rings (SSSR count). The van der Waals surface area contributed by atoms with Crippen LogP contribution in [0, 0.1) is 0 Å². The van der Waals surface area contributed by atoms with Gasteiger partial charge >= 0.3 is 0 Å². The van der Waals surface area contributed by atoms with E-state index in [1.807, 2.05) is 24.3 Å². The maximum atomic E-state index is 6.27. The van der Waals surface area contributed by atoms with Gasteiger partial charge in [-0.25, -0.2) is 14.5 Å². The number of anilines is 1. The average Bonchev–Trinajstić information content (AvgIpc) is 3.23. The first-order valence-electron chi connectivity index (χ1n) is 9.70. The van der Waals surface area contributed by atoms with Crippen molar-refractivity contribution in [3.63, 3.8) is 0 Å². The van der Waals surface area contributed by atoms with E-state index in [-0.39, 0.29) is 5.92 Å². The van der Waals surface area contributed by atoms with Gasteiger partial charge in [0.25, 0.3) is 0 Å². The molecular formula is C22H20ClN5O. The molecule has 0 fully saturated rings. The maximum absolute atomic E-state index is 6.27. The zero-order chi connectivity index (χ0) is 20.0. The minimum absolute atomic E-state index is 0.0721. The van der Waals surface area contributed by atoms with Crippen LogP contribution in [0.1, 0.15) is 36.5 Å². The van der Waals surface area contributed by atoms with Gasteiger partial charge in [0.2, 0.25) is 5.88 Å². The fourth-order valence-corrected chi connectivity index (χ4v) is 4.16. The number of ether oxygens (including phenoxy) is 1. The molecule has 1 atom stereocenters. The first kappa shape index (κ1) is 17.9. The lowest BCUT2D eigenvalue weighted by Crippen LogP contribution is -2.22. The first-order chi connectivity index (χ1) is 14.2. The summed E-state index contributed by atoms with van der Waals surface area (Å²) in [6.45, 7) is 6.18. The number of halogens is 1. The van der Waals surface area contributed by atoms with Gasteiger partial charge in [-0.05, 0) is 37.6 Å². The molecule has 0 saturated carbocycles. The summed E-state index contributed by atoms with van der Waals surface area (Å²) in [5.74, 6) is 1.31. The predicted molar refractivity (Wildman–Crippen MR) is 113 cm³/mol. The summed E-state index contributed by atoms with van der Waals surface area (Å²) in [5, 5.41) is 4.95. The lowest BCUT2D eigenvalue weighted by atomic mass is 9.84. The van der Waals surface area contributed by atoms with Crippen molar-refractivity contribution in [1.29, 1.82) is 0 Å². The number of hydrogen-bond acceptors (Lipinski definition) is 5. The SMILES string of the molecule is CCN(CC)c1ccc2c(c1)Oc1ncn3ncnc3c1C2c1ccc(Cl)cc1. The molecule has 3 heterocycles. The summed E-state index contributed by atoms with van der Waals surface area (Å²) in [6, 6.07) is 14.3. The Morgan fingerprint density at radius 1 is 1.07 bits per heavy atom. The summed E-state index contributed by atoms with van der Waals surface area (Å²) >= 11 is 6.15. The highest BCUT2D eigenvalue weighted by molar-refractivity contribution is 6.30. The summed E-state index contributed by atoms with van der Waals surface area (Å²) in [7, 11) is 0. The number of hydrogen-bond donors (Lipinski definition) is 0. The van der Waals surface area contributed by atoms with Crippen molar-refractivity contribution in [1.82, 2.24) is 19.6 Å². The quantitative estimate of drug-likeness (QED) is 0.425. The average molecular weight is 406 g/mol. The highest BCUT2D eigenvalue weighted by atomic mass is 35.5. The summed E-state index contributed by atoms with van der Waals surface area (Å²) in [5.41, 5.74) is 4.97. The van der Waals surface area contributed by atoms with Crippen molar-refractivity contribution in [2.45, 2.75) is 19.8 Å².